The Hall–Kier alpha value is -2.97. The first kappa shape index (κ1) is 22.2. The number of rotatable bonds is 5. The van der Waals surface area contributed by atoms with Gasteiger partial charge in [0.1, 0.15) is 5.82 Å². The highest BCUT2D eigenvalue weighted by atomic mass is 32.2. The largest absolute Gasteiger partial charge is 0.463 e. The van der Waals surface area contributed by atoms with Gasteiger partial charge in [0.15, 0.2) is 4.80 Å². The summed E-state index contributed by atoms with van der Waals surface area (Å²) >= 11 is 2.86. The maximum atomic E-state index is 13.5. The van der Waals surface area contributed by atoms with Crippen LogP contribution in [0.15, 0.2) is 74.5 Å². The molecule has 0 saturated heterocycles. The molecule has 164 valence electrons. The van der Waals surface area contributed by atoms with E-state index in [-0.39, 0.29) is 18.0 Å². The Balaban J connectivity index is 1.93. The fraction of sp³-hybridized carbons (Fsp3) is 0.208. The standard InChI is InChI=1S/C24H21FN2O3S2/c1-4-30-23(29)20-14(2)26-24-27(21(20)16-7-11-18(31-3)12-8-16)22(28)19(32-24)13-15-5-9-17(25)10-6-15/h5-13,21H,4H2,1-3H3/b19-13-/t21-/m1/s1. The highest BCUT2D eigenvalue weighted by molar-refractivity contribution is 7.98. The van der Waals surface area contributed by atoms with Gasteiger partial charge in [-0.25, -0.2) is 14.2 Å². The van der Waals surface area contributed by atoms with Crippen molar-refractivity contribution in [2.24, 2.45) is 4.99 Å². The molecule has 0 aliphatic carbocycles. The number of carbonyl (C=O) groups is 1. The second kappa shape index (κ2) is 9.26. The number of hydrogen-bond donors (Lipinski definition) is 0. The molecule has 1 aliphatic heterocycles. The van der Waals surface area contributed by atoms with E-state index >= 15 is 0 Å². The number of thiazole rings is 1. The van der Waals surface area contributed by atoms with Crippen LogP contribution in [-0.4, -0.2) is 23.4 Å². The molecule has 0 spiro atoms. The van der Waals surface area contributed by atoms with Gasteiger partial charge < -0.3 is 4.74 Å². The molecule has 0 fully saturated rings. The van der Waals surface area contributed by atoms with E-state index in [0.29, 0.717) is 26.2 Å². The van der Waals surface area contributed by atoms with Gasteiger partial charge in [0.25, 0.3) is 5.56 Å². The van der Waals surface area contributed by atoms with Crippen LogP contribution in [-0.2, 0) is 9.53 Å². The van der Waals surface area contributed by atoms with Crippen molar-refractivity contribution in [3.63, 3.8) is 0 Å². The summed E-state index contributed by atoms with van der Waals surface area (Å²) in [5.41, 5.74) is 2.13. The number of fused-ring (bicyclic) bond motifs is 1. The Morgan fingerprint density at radius 3 is 2.53 bits per heavy atom. The van der Waals surface area contributed by atoms with E-state index in [1.807, 2.05) is 30.5 Å². The Morgan fingerprint density at radius 2 is 1.91 bits per heavy atom. The average Bonchev–Trinajstić information content (AvgIpc) is 3.09. The average molecular weight is 469 g/mol. The zero-order chi connectivity index (χ0) is 22.8. The monoisotopic (exact) mass is 468 g/mol. The van der Waals surface area contributed by atoms with E-state index in [2.05, 4.69) is 4.99 Å². The van der Waals surface area contributed by atoms with Gasteiger partial charge in [0, 0.05) is 4.90 Å². The lowest BCUT2D eigenvalue weighted by Crippen LogP contribution is -2.39. The van der Waals surface area contributed by atoms with E-state index in [9.17, 15) is 14.0 Å². The molecule has 1 aliphatic rings. The zero-order valence-corrected chi connectivity index (χ0v) is 19.4. The smallest absolute Gasteiger partial charge is 0.338 e. The fourth-order valence-corrected chi connectivity index (χ4v) is 5.06. The van der Waals surface area contributed by atoms with Crippen LogP contribution in [0.25, 0.3) is 6.08 Å². The van der Waals surface area contributed by atoms with Gasteiger partial charge in [-0.3, -0.25) is 9.36 Å². The lowest BCUT2D eigenvalue weighted by molar-refractivity contribution is -0.139. The zero-order valence-electron chi connectivity index (χ0n) is 17.8. The minimum Gasteiger partial charge on any atom is -0.463 e. The van der Waals surface area contributed by atoms with Crippen molar-refractivity contribution in [3.05, 3.63) is 96.4 Å². The van der Waals surface area contributed by atoms with Gasteiger partial charge in [-0.2, -0.15) is 0 Å². The lowest BCUT2D eigenvalue weighted by atomic mass is 9.96. The molecule has 0 bridgehead atoms. The number of esters is 1. The summed E-state index contributed by atoms with van der Waals surface area (Å²) in [6, 6.07) is 13.1. The number of nitrogens with zero attached hydrogens (tertiary/aromatic N) is 2. The van der Waals surface area contributed by atoms with E-state index in [1.165, 1.54) is 23.5 Å². The molecule has 0 N–H and O–H groups in total. The molecule has 1 aromatic heterocycles. The predicted molar refractivity (Wildman–Crippen MR) is 125 cm³/mol. The highest BCUT2D eigenvalue weighted by Crippen LogP contribution is 2.31. The molecule has 5 nitrogen and oxygen atoms in total. The topological polar surface area (TPSA) is 60.7 Å². The number of carbonyl (C=O) groups excluding carboxylic acids is 1. The first-order valence-corrected chi connectivity index (χ1v) is 12.1. The van der Waals surface area contributed by atoms with Crippen molar-refractivity contribution in [1.29, 1.82) is 0 Å². The second-order valence-electron chi connectivity index (χ2n) is 7.13. The molecule has 8 heteroatoms. The summed E-state index contributed by atoms with van der Waals surface area (Å²) in [6.07, 6.45) is 3.70. The van der Waals surface area contributed by atoms with Crippen molar-refractivity contribution >= 4 is 35.1 Å². The van der Waals surface area contributed by atoms with Crippen LogP contribution in [0.3, 0.4) is 0 Å². The number of halogens is 1. The minimum atomic E-state index is -0.642. The molecule has 0 radical (unpaired) electrons. The van der Waals surface area contributed by atoms with E-state index in [1.54, 1.807) is 48.4 Å². The summed E-state index contributed by atoms with van der Waals surface area (Å²) in [6.45, 7) is 3.73. The van der Waals surface area contributed by atoms with Crippen molar-refractivity contribution in [2.45, 2.75) is 24.8 Å². The molecule has 0 saturated carbocycles. The van der Waals surface area contributed by atoms with Crippen LogP contribution >= 0.6 is 23.1 Å². The van der Waals surface area contributed by atoms with Gasteiger partial charge in [-0.15, -0.1) is 11.8 Å². The Morgan fingerprint density at radius 1 is 1.22 bits per heavy atom. The van der Waals surface area contributed by atoms with Crippen molar-refractivity contribution in [1.82, 2.24) is 4.57 Å². The Bertz CT molecular complexity index is 1370. The van der Waals surface area contributed by atoms with Crippen LogP contribution in [0.1, 0.15) is 31.0 Å². The summed E-state index contributed by atoms with van der Waals surface area (Å²) in [7, 11) is 0. The molecule has 0 unspecified atom stereocenters. The molecule has 2 aromatic carbocycles. The summed E-state index contributed by atoms with van der Waals surface area (Å²) in [4.78, 5) is 32.5. The molecule has 1 atom stereocenters. The molecule has 32 heavy (non-hydrogen) atoms. The molecule has 3 aromatic rings. The molecular formula is C24H21FN2O3S2. The lowest BCUT2D eigenvalue weighted by Gasteiger charge is -2.24. The molecule has 4 rings (SSSR count). The van der Waals surface area contributed by atoms with Gasteiger partial charge in [0.05, 0.1) is 28.5 Å². The third-order valence-corrected chi connectivity index (χ3v) is 6.84. The van der Waals surface area contributed by atoms with Gasteiger partial charge in [-0.1, -0.05) is 35.6 Å². The van der Waals surface area contributed by atoms with Crippen LogP contribution < -0.4 is 14.9 Å². The molecule has 0 amide bonds. The van der Waals surface area contributed by atoms with Crippen LogP contribution in [0.4, 0.5) is 4.39 Å². The quantitative estimate of drug-likeness (QED) is 0.424. The van der Waals surface area contributed by atoms with Crippen molar-refractivity contribution in [3.8, 4) is 0 Å². The summed E-state index contributed by atoms with van der Waals surface area (Å²) < 4.78 is 20.6. The minimum absolute atomic E-state index is 0.225. The number of thioether (sulfide) groups is 1. The highest BCUT2D eigenvalue weighted by Gasteiger charge is 2.33. The number of ether oxygens (including phenoxy) is 1. The third kappa shape index (κ3) is 4.20. The Labute approximate surface area is 192 Å². The van der Waals surface area contributed by atoms with Crippen LogP contribution in [0.5, 0.6) is 0 Å². The van der Waals surface area contributed by atoms with Crippen molar-refractivity contribution in [2.75, 3.05) is 12.9 Å². The van der Waals surface area contributed by atoms with E-state index in [4.69, 9.17) is 4.74 Å². The first-order valence-electron chi connectivity index (χ1n) is 10.0. The fourth-order valence-electron chi connectivity index (χ4n) is 3.60. The van der Waals surface area contributed by atoms with E-state index < -0.39 is 12.0 Å². The number of allylic oxidation sites excluding steroid dienone is 1. The molecule has 2 heterocycles. The number of benzene rings is 2. The van der Waals surface area contributed by atoms with Crippen molar-refractivity contribution < 1.29 is 13.9 Å². The maximum Gasteiger partial charge on any atom is 0.338 e. The number of hydrogen-bond acceptors (Lipinski definition) is 6. The second-order valence-corrected chi connectivity index (χ2v) is 9.02. The summed E-state index contributed by atoms with van der Waals surface area (Å²) in [5.74, 6) is -0.826. The normalized spacial score (nSPS) is 16.0. The van der Waals surface area contributed by atoms with E-state index in [0.717, 1.165) is 10.5 Å². The SMILES string of the molecule is CCOC(=O)C1=C(C)N=c2s/c(=C\c3ccc(F)cc3)c(=O)n2[C@@H]1c1ccc(SC)cc1. The third-order valence-electron chi connectivity index (χ3n) is 5.12. The van der Waals surface area contributed by atoms with Gasteiger partial charge in [0.2, 0.25) is 0 Å². The predicted octanol–water partition coefficient (Wildman–Crippen LogP) is 3.66. The number of aromatic nitrogens is 1. The Kier molecular flexibility index (Phi) is 6.43. The molecular weight excluding hydrogens is 447 g/mol. The van der Waals surface area contributed by atoms with Crippen LogP contribution in [0.2, 0.25) is 0 Å². The van der Waals surface area contributed by atoms with Gasteiger partial charge >= 0.3 is 5.97 Å². The van der Waals surface area contributed by atoms with Gasteiger partial charge in [-0.05, 0) is 61.6 Å². The summed E-state index contributed by atoms with van der Waals surface area (Å²) in [5, 5.41) is 0. The first-order chi connectivity index (χ1) is 15.4. The van der Waals surface area contributed by atoms with Crippen LogP contribution in [0, 0.1) is 5.82 Å². The maximum absolute atomic E-state index is 13.5.